The second-order valence-electron chi connectivity index (χ2n) is 8.63. The van der Waals surface area contributed by atoms with Crippen LogP contribution in [0.3, 0.4) is 0 Å². The maximum atomic E-state index is 14.4. The van der Waals surface area contributed by atoms with E-state index in [9.17, 15) is 18.7 Å². The molecule has 7 heteroatoms. The quantitative estimate of drug-likeness (QED) is 0.561. The van der Waals surface area contributed by atoms with Crippen molar-refractivity contribution >= 4 is 5.78 Å². The van der Waals surface area contributed by atoms with Gasteiger partial charge >= 0.3 is 0 Å². The molecule has 2 aromatic heterocycles. The molecule has 5 nitrogen and oxygen atoms in total. The second-order valence-corrected chi connectivity index (χ2v) is 8.63. The zero-order valence-corrected chi connectivity index (χ0v) is 17.8. The van der Waals surface area contributed by atoms with Crippen molar-refractivity contribution < 1.29 is 18.7 Å². The number of carbonyl (C=O) groups is 1. The third-order valence-electron chi connectivity index (χ3n) is 6.05. The molecule has 0 spiro atoms. The Hall–Kier alpha value is -3.19. The number of rotatable bonds is 5. The van der Waals surface area contributed by atoms with Crippen molar-refractivity contribution in [3.63, 3.8) is 0 Å². The van der Waals surface area contributed by atoms with Crippen molar-refractivity contribution in [2.75, 3.05) is 0 Å². The first-order valence-corrected chi connectivity index (χ1v) is 10.7. The number of halogens is 2. The highest BCUT2D eigenvalue weighted by Crippen LogP contribution is 2.37. The highest BCUT2D eigenvalue weighted by molar-refractivity contribution is 5.96. The van der Waals surface area contributed by atoms with Gasteiger partial charge in [0.15, 0.2) is 5.78 Å². The molecular weight excluding hydrogens is 412 g/mol. The first-order chi connectivity index (χ1) is 15.3. The smallest absolute Gasteiger partial charge is 0.185 e. The highest BCUT2D eigenvalue weighted by atomic mass is 19.1. The summed E-state index contributed by atoms with van der Waals surface area (Å²) in [5.41, 5.74) is 7.57. The number of aromatic hydroxyl groups is 1. The molecule has 32 heavy (non-hydrogen) atoms. The van der Waals surface area contributed by atoms with E-state index < -0.39 is 11.6 Å². The lowest BCUT2D eigenvalue weighted by molar-refractivity contribution is 0.0987. The molecule has 0 unspecified atom stereocenters. The molecule has 2 heterocycles. The van der Waals surface area contributed by atoms with Crippen LogP contribution in [-0.2, 0) is 6.42 Å². The van der Waals surface area contributed by atoms with Crippen molar-refractivity contribution in [2.45, 2.75) is 44.6 Å². The van der Waals surface area contributed by atoms with Gasteiger partial charge in [0, 0.05) is 30.4 Å². The Bertz CT molecular complexity index is 1140. The fraction of sp³-hybridized carbons (Fsp3) is 0.320. The molecule has 3 aromatic rings. The van der Waals surface area contributed by atoms with Crippen LogP contribution in [0.15, 0.2) is 48.8 Å². The lowest BCUT2D eigenvalue weighted by atomic mass is 9.75. The first kappa shape index (κ1) is 22.0. The number of hydrogen-bond acceptors (Lipinski definition) is 5. The number of hydrogen-bond donors (Lipinski definition) is 2. The molecule has 0 radical (unpaired) electrons. The number of phenolic OH excluding ortho intramolecular Hbond substituents is 1. The molecule has 0 saturated heterocycles. The van der Waals surface area contributed by atoms with Crippen LogP contribution in [0.25, 0.3) is 11.3 Å². The van der Waals surface area contributed by atoms with E-state index in [1.54, 1.807) is 12.4 Å². The van der Waals surface area contributed by atoms with Gasteiger partial charge in [-0.2, -0.15) is 0 Å². The summed E-state index contributed by atoms with van der Waals surface area (Å²) in [5.74, 6) is -1.32. The van der Waals surface area contributed by atoms with Gasteiger partial charge in [-0.25, -0.2) is 13.8 Å². The van der Waals surface area contributed by atoms with Gasteiger partial charge in [0.1, 0.15) is 28.8 Å². The molecule has 166 valence electrons. The number of phenols is 1. The van der Waals surface area contributed by atoms with Crippen LogP contribution in [0, 0.1) is 17.6 Å². The lowest BCUT2D eigenvalue weighted by Crippen LogP contribution is -2.31. The van der Waals surface area contributed by atoms with Gasteiger partial charge in [0.2, 0.25) is 0 Å². The van der Waals surface area contributed by atoms with Gasteiger partial charge < -0.3 is 10.8 Å². The van der Waals surface area contributed by atoms with Crippen LogP contribution in [0.1, 0.15) is 53.7 Å². The highest BCUT2D eigenvalue weighted by Gasteiger charge is 2.27. The van der Waals surface area contributed by atoms with Crippen molar-refractivity contribution in [1.82, 2.24) is 9.97 Å². The van der Waals surface area contributed by atoms with Gasteiger partial charge in [-0.15, -0.1) is 0 Å². The Balaban J connectivity index is 1.63. The van der Waals surface area contributed by atoms with E-state index in [4.69, 9.17) is 5.73 Å². The molecule has 4 rings (SSSR count). The SMILES string of the molecule is C[C@@H]1C[C@H](N)C[C@H](c2ccncc2CC(=O)c2ccc(F)c(-c3cc(O)ccc3F)n2)C1. The third kappa shape index (κ3) is 4.67. The number of carbonyl (C=O) groups excluding carboxylic acids is 1. The molecule has 3 atom stereocenters. The van der Waals surface area contributed by atoms with Crippen molar-refractivity contribution in [1.29, 1.82) is 0 Å². The first-order valence-electron chi connectivity index (χ1n) is 10.7. The Labute approximate surface area is 185 Å². The summed E-state index contributed by atoms with van der Waals surface area (Å²) in [6, 6.07) is 7.71. The number of benzene rings is 1. The van der Waals surface area contributed by atoms with E-state index in [1.807, 2.05) is 6.07 Å². The number of ketones is 1. The fourth-order valence-electron chi connectivity index (χ4n) is 4.64. The molecule has 0 aliphatic heterocycles. The summed E-state index contributed by atoms with van der Waals surface area (Å²) in [6.07, 6.45) is 6.28. The number of Topliss-reactive ketones (excluding diaryl/α,β-unsaturated/α-hetero) is 1. The van der Waals surface area contributed by atoms with E-state index in [-0.39, 0.29) is 46.9 Å². The summed E-state index contributed by atoms with van der Waals surface area (Å²) >= 11 is 0. The van der Waals surface area contributed by atoms with Gasteiger partial charge in [0.05, 0.1) is 0 Å². The summed E-state index contributed by atoms with van der Waals surface area (Å²) in [6.45, 7) is 2.18. The summed E-state index contributed by atoms with van der Waals surface area (Å²) < 4.78 is 28.6. The summed E-state index contributed by atoms with van der Waals surface area (Å²) in [5, 5.41) is 9.65. The van der Waals surface area contributed by atoms with Crippen LogP contribution in [0.4, 0.5) is 8.78 Å². The van der Waals surface area contributed by atoms with E-state index in [2.05, 4.69) is 16.9 Å². The predicted octanol–water partition coefficient (Wildman–Crippen LogP) is 4.78. The summed E-state index contributed by atoms with van der Waals surface area (Å²) in [4.78, 5) is 21.3. The Kier molecular flexibility index (Phi) is 6.28. The Morgan fingerprint density at radius 3 is 2.69 bits per heavy atom. The van der Waals surface area contributed by atoms with Crippen LogP contribution in [0.5, 0.6) is 5.75 Å². The number of nitrogens with two attached hydrogens (primary N) is 1. The zero-order chi connectivity index (χ0) is 22.8. The van der Waals surface area contributed by atoms with Crippen molar-refractivity contribution in [3.8, 4) is 17.0 Å². The van der Waals surface area contributed by atoms with Crippen LogP contribution < -0.4 is 5.73 Å². The maximum absolute atomic E-state index is 14.4. The van der Waals surface area contributed by atoms with E-state index in [1.165, 1.54) is 6.07 Å². The topological polar surface area (TPSA) is 89.1 Å². The average molecular weight is 437 g/mol. The maximum Gasteiger partial charge on any atom is 0.185 e. The average Bonchev–Trinajstić information content (AvgIpc) is 2.75. The van der Waals surface area contributed by atoms with Gasteiger partial charge in [-0.1, -0.05) is 6.92 Å². The van der Waals surface area contributed by atoms with Gasteiger partial charge in [-0.05, 0) is 78.6 Å². The molecular formula is C25H25F2N3O2. The number of nitrogens with zero attached hydrogens (tertiary/aromatic N) is 2. The second kappa shape index (κ2) is 9.12. The van der Waals surface area contributed by atoms with Crippen LogP contribution in [-0.4, -0.2) is 26.9 Å². The minimum absolute atomic E-state index is 0.0210. The molecule has 0 bridgehead atoms. The van der Waals surface area contributed by atoms with Gasteiger partial charge in [0.25, 0.3) is 0 Å². The van der Waals surface area contributed by atoms with E-state index in [0.29, 0.717) is 5.92 Å². The molecule has 1 saturated carbocycles. The number of pyridine rings is 2. The molecule has 1 aliphatic rings. The third-order valence-corrected chi connectivity index (χ3v) is 6.05. The summed E-state index contributed by atoms with van der Waals surface area (Å²) in [7, 11) is 0. The van der Waals surface area contributed by atoms with E-state index >= 15 is 0 Å². The number of aromatic nitrogens is 2. The monoisotopic (exact) mass is 437 g/mol. The predicted molar refractivity (Wildman–Crippen MR) is 117 cm³/mol. The molecule has 1 fully saturated rings. The Morgan fingerprint density at radius 2 is 1.91 bits per heavy atom. The molecule has 0 amide bonds. The minimum Gasteiger partial charge on any atom is -0.508 e. The zero-order valence-electron chi connectivity index (χ0n) is 17.8. The standard InChI is InChI=1S/C25H25F2N3O2/c1-14-8-15(10-17(28)9-14)19-6-7-29-13-16(19)11-24(32)23-5-4-22(27)25(30-23)20-12-18(31)2-3-21(20)26/h2-7,12-15,17,31H,8-11,28H2,1H3/t14-,15+,17-/m0/s1. The van der Waals surface area contributed by atoms with Crippen LogP contribution >= 0.6 is 0 Å². The molecule has 1 aliphatic carbocycles. The largest absolute Gasteiger partial charge is 0.508 e. The fourth-order valence-corrected chi connectivity index (χ4v) is 4.64. The van der Waals surface area contributed by atoms with Gasteiger partial charge in [-0.3, -0.25) is 9.78 Å². The lowest BCUT2D eigenvalue weighted by Gasteiger charge is -2.32. The molecule has 3 N–H and O–H groups in total. The molecule has 1 aromatic carbocycles. The van der Waals surface area contributed by atoms with Crippen molar-refractivity contribution in [2.24, 2.45) is 11.7 Å². The Morgan fingerprint density at radius 1 is 1.12 bits per heavy atom. The van der Waals surface area contributed by atoms with Crippen molar-refractivity contribution in [3.05, 3.63) is 77.2 Å². The van der Waals surface area contributed by atoms with E-state index in [0.717, 1.165) is 54.7 Å². The van der Waals surface area contributed by atoms with Crippen LogP contribution in [0.2, 0.25) is 0 Å². The normalized spacial score (nSPS) is 20.8. The minimum atomic E-state index is -0.779.